The van der Waals surface area contributed by atoms with Crippen LogP contribution < -0.4 is 5.32 Å². The Kier molecular flexibility index (Phi) is 7.29. The standard InChI is InChI=1S/C16H23Cl2N3O3/c1-10(9-21(5)15(23)24-16(2,3)4)8-19-14(22)11-6-12(17)20-13(18)7-11/h6-7,10H,8-9H2,1-5H3,(H,19,22). The van der Waals surface area contributed by atoms with Gasteiger partial charge >= 0.3 is 6.09 Å². The second-order valence-electron chi connectivity index (χ2n) is 6.68. The molecule has 0 saturated heterocycles. The number of hydrogen-bond acceptors (Lipinski definition) is 4. The van der Waals surface area contributed by atoms with Crippen LogP contribution in [0.2, 0.25) is 10.3 Å². The summed E-state index contributed by atoms with van der Waals surface area (Å²) >= 11 is 11.6. The molecule has 1 atom stereocenters. The maximum Gasteiger partial charge on any atom is 0.410 e. The monoisotopic (exact) mass is 375 g/mol. The van der Waals surface area contributed by atoms with E-state index in [0.717, 1.165) is 0 Å². The van der Waals surface area contributed by atoms with Crippen molar-refractivity contribution in [2.24, 2.45) is 5.92 Å². The molecule has 0 aromatic carbocycles. The number of amides is 2. The van der Waals surface area contributed by atoms with Gasteiger partial charge in [0.05, 0.1) is 0 Å². The van der Waals surface area contributed by atoms with Crippen molar-refractivity contribution in [3.05, 3.63) is 28.0 Å². The van der Waals surface area contributed by atoms with Crippen LogP contribution in [0.15, 0.2) is 12.1 Å². The lowest BCUT2D eigenvalue weighted by Crippen LogP contribution is -2.39. The van der Waals surface area contributed by atoms with E-state index in [1.54, 1.807) is 7.05 Å². The Bertz CT molecular complexity index is 582. The molecule has 1 aromatic heterocycles. The van der Waals surface area contributed by atoms with Crippen molar-refractivity contribution < 1.29 is 14.3 Å². The van der Waals surface area contributed by atoms with Gasteiger partial charge in [-0.05, 0) is 38.8 Å². The quantitative estimate of drug-likeness (QED) is 0.797. The van der Waals surface area contributed by atoms with E-state index in [2.05, 4.69) is 10.3 Å². The van der Waals surface area contributed by atoms with Crippen molar-refractivity contribution >= 4 is 35.2 Å². The predicted octanol–water partition coefficient (Wildman–Crippen LogP) is 3.62. The van der Waals surface area contributed by atoms with E-state index in [-0.39, 0.29) is 22.1 Å². The van der Waals surface area contributed by atoms with Gasteiger partial charge in [-0.1, -0.05) is 30.1 Å². The average Bonchev–Trinajstić information content (AvgIpc) is 2.41. The molecule has 0 saturated carbocycles. The van der Waals surface area contributed by atoms with E-state index < -0.39 is 11.7 Å². The Morgan fingerprint density at radius 1 is 1.29 bits per heavy atom. The minimum Gasteiger partial charge on any atom is -0.444 e. The first-order valence-electron chi connectivity index (χ1n) is 7.53. The highest BCUT2D eigenvalue weighted by Gasteiger charge is 2.21. The van der Waals surface area contributed by atoms with E-state index in [4.69, 9.17) is 27.9 Å². The van der Waals surface area contributed by atoms with Gasteiger partial charge in [0.2, 0.25) is 0 Å². The summed E-state index contributed by atoms with van der Waals surface area (Å²) in [5, 5.41) is 3.10. The lowest BCUT2D eigenvalue weighted by Gasteiger charge is -2.26. The second-order valence-corrected chi connectivity index (χ2v) is 7.45. The molecular formula is C16H23Cl2N3O3. The minimum atomic E-state index is -0.539. The fourth-order valence-corrected chi connectivity index (χ4v) is 2.37. The molecule has 2 amide bonds. The Balaban J connectivity index is 2.49. The molecule has 0 aliphatic carbocycles. The van der Waals surface area contributed by atoms with Crippen molar-refractivity contribution in [2.45, 2.75) is 33.3 Å². The molecule has 0 radical (unpaired) electrons. The van der Waals surface area contributed by atoms with E-state index >= 15 is 0 Å². The van der Waals surface area contributed by atoms with Crippen LogP contribution in [-0.2, 0) is 4.74 Å². The summed E-state index contributed by atoms with van der Waals surface area (Å²) in [6.45, 7) is 8.21. The van der Waals surface area contributed by atoms with E-state index in [1.165, 1.54) is 17.0 Å². The fourth-order valence-electron chi connectivity index (χ4n) is 1.91. The van der Waals surface area contributed by atoms with Crippen molar-refractivity contribution in [1.29, 1.82) is 0 Å². The number of carbonyl (C=O) groups excluding carboxylic acids is 2. The fraction of sp³-hybridized carbons (Fsp3) is 0.562. The van der Waals surface area contributed by atoms with Crippen LogP contribution in [0.3, 0.4) is 0 Å². The van der Waals surface area contributed by atoms with Gasteiger partial charge in [0.25, 0.3) is 5.91 Å². The number of hydrogen-bond donors (Lipinski definition) is 1. The molecule has 6 nitrogen and oxygen atoms in total. The average molecular weight is 376 g/mol. The number of nitrogens with one attached hydrogen (secondary N) is 1. The van der Waals surface area contributed by atoms with Gasteiger partial charge in [0.15, 0.2) is 0 Å². The van der Waals surface area contributed by atoms with Crippen molar-refractivity contribution in [3.63, 3.8) is 0 Å². The van der Waals surface area contributed by atoms with Crippen LogP contribution in [0.25, 0.3) is 0 Å². The normalized spacial score (nSPS) is 12.5. The van der Waals surface area contributed by atoms with Crippen LogP contribution in [-0.4, -0.2) is 47.6 Å². The molecule has 1 heterocycles. The molecule has 0 fully saturated rings. The number of halogens is 2. The molecule has 8 heteroatoms. The van der Waals surface area contributed by atoms with Crippen LogP contribution in [0.4, 0.5) is 4.79 Å². The number of nitrogens with zero attached hydrogens (tertiary/aromatic N) is 2. The zero-order valence-corrected chi connectivity index (χ0v) is 16.0. The third-order valence-electron chi connectivity index (χ3n) is 2.93. The highest BCUT2D eigenvalue weighted by molar-refractivity contribution is 6.33. The van der Waals surface area contributed by atoms with Gasteiger partial charge in [-0.2, -0.15) is 0 Å². The van der Waals surface area contributed by atoms with Crippen molar-refractivity contribution in [3.8, 4) is 0 Å². The van der Waals surface area contributed by atoms with Gasteiger partial charge in [0.1, 0.15) is 15.9 Å². The highest BCUT2D eigenvalue weighted by Crippen LogP contribution is 2.15. The lowest BCUT2D eigenvalue weighted by molar-refractivity contribution is 0.0277. The largest absolute Gasteiger partial charge is 0.444 e. The topological polar surface area (TPSA) is 71.5 Å². The molecule has 0 bridgehead atoms. The van der Waals surface area contributed by atoms with Gasteiger partial charge in [-0.15, -0.1) is 0 Å². The molecule has 1 aromatic rings. The van der Waals surface area contributed by atoms with Gasteiger partial charge in [-0.3, -0.25) is 4.79 Å². The Morgan fingerprint density at radius 2 is 1.83 bits per heavy atom. The van der Waals surface area contributed by atoms with Crippen LogP contribution in [0.1, 0.15) is 38.1 Å². The van der Waals surface area contributed by atoms with E-state index in [9.17, 15) is 9.59 Å². The summed E-state index contributed by atoms with van der Waals surface area (Å²) in [6, 6.07) is 2.89. The number of rotatable bonds is 5. The van der Waals surface area contributed by atoms with Crippen molar-refractivity contribution in [1.82, 2.24) is 15.2 Å². The molecule has 1 unspecified atom stereocenters. The molecule has 0 aliphatic rings. The maximum atomic E-state index is 12.1. The first kappa shape index (κ1) is 20.5. The summed E-state index contributed by atoms with van der Waals surface area (Å²) in [7, 11) is 1.66. The number of pyridine rings is 1. The zero-order valence-electron chi connectivity index (χ0n) is 14.5. The molecule has 0 spiro atoms. The summed E-state index contributed by atoms with van der Waals surface area (Å²) in [6.07, 6.45) is -0.395. The Morgan fingerprint density at radius 3 is 2.33 bits per heavy atom. The first-order chi connectivity index (χ1) is 11.0. The van der Waals surface area contributed by atoms with E-state index in [1.807, 2.05) is 27.7 Å². The molecule has 1 N–H and O–H groups in total. The second kappa shape index (κ2) is 8.53. The molecule has 134 valence electrons. The highest BCUT2D eigenvalue weighted by atomic mass is 35.5. The smallest absolute Gasteiger partial charge is 0.410 e. The van der Waals surface area contributed by atoms with Gasteiger partial charge in [-0.25, -0.2) is 9.78 Å². The summed E-state index contributed by atoms with van der Waals surface area (Å²) in [5.41, 5.74) is -0.199. The third-order valence-corrected chi connectivity index (χ3v) is 3.31. The van der Waals surface area contributed by atoms with E-state index in [0.29, 0.717) is 18.7 Å². The lowest BCUT2D eigenvalue weighted by atomic mass is 10.1. The van der Waals surface area contributed by atoms with Crippen LogP contribution in [0, 0.1) is 5.92 Å². The van der Waals surface area contributed by atoms with Crippen LogP contribution >= 0.6 is 23.2 Å². The SMILES string of the molecule is CC(CNC(=O)c1cc(Cl)nc(Cl)c1)CN(C)C(=O)OC(C)(C)C. The summed E-state index contributed by atoms with van der Waals surface area (Å²) in [4.78, 5) is 29.3. The molecule has 1 rings (SSSR count). The molecular weight excluding hydrogens is 353 g/mol. The first-order valence-corrected chi connectivity index (χ1v) is 8.29. The summed E-state index contributed by atoms with van der Waals surface area (Å²) < 4.78 is 5.29. The third kappa shape index (κ3) is 7.36. The van der Waals surface area contributed by atoms with Crippen LogP contribution in [0.5, 0.6) is 0 Å². The Hall–Kier alpha value is -1.53. The minimum absolute atomic E-state index is 0.0410. The zero-order chi connectivity index (χ0) is 18.5. The maximum absolute atomic E-state index is 12.1. The molecule has 24 heavy (non-hydrogen) atoms. The molecule has 0 aliphatic heterocycles. The number of ether oxygens (including phenoxy) is 1. The van der Waals surface area contributed by atoms with Crippen molar-refractivity contribution in [2.75, 3.05) is 20.1 Å². The number of aromatic nitrogens is 1. The summed E-state index contributed by atoms with van der Waals surface area (Å²) in [5.74, 6) is -0.257. The number of carbonyl (C=O) groups is 2. The van der Waals surface area contributed by atoms with Gasteiger partial charge in [0, 0.05) is 25.7 Å². The van der Waals surface area contributed by atoms with Gasteiger partial charge < -0.3 is 15.0 Å². The predicted molar refractivity (Wildman–Crippen MR) is 94.6 cm³/mol. The Labute approximate surface area is 152 Å².